The largest absolute Gasteiger partial charge is 0.324 e. The molecule has 0 bridgehead atoms. The number of amides is 3. The average molecular weight is 335 g/mol. The second-order valence-corrected chi connectivity index (χ2v) is 6.70. The molecule has 1 heterocycles. The Morgan fingerprint density at radius 1 is 1.22 bits per heavy atom. The number of nitrogens with one attached hydrogen (secondary N) is 1. The highest BCUT2D eigenvalue weighted by Crippen LogP contribution is 2.37. The first kappa shape index (κ1) is 16.0. The highest BCUT2D eigenvalue weighted by Gasteiger charge is 2.48. The number of anilines is 1. The number of hydrogen-bond donors (Lipinski definition) is 1. The van der Waals surface area contributed by atoms with E-state index in [-0.39, 0.29) is 36.1 Å². The number of hydrogen-bond acceptors (Lipinski definition) is 3. The molecule has 3 rings (SSSR count). The number of aryl methyl sites for hydroxylation is 1. The van der Waals surface area contributed by atoms with Crippen LogP contribution in [-0.4, -0.2) is 29.2 Å². The van der Waals surface area contributed by atoms with Gasteiger partial charge in [-0.2, -0.15) is 0 Å². The van der Waals surface area contributed by atoms with Gasteiger partial charge in [0.2, 0.25) is 17.7 Å². The summed E-state index contributed by atoms with van der Waals surface area (Å²) in [7, 11) is 0. The summed E-state index contributed by atoms with van der Waals surface area (Å²) >= 11 is 5.89. The number of carbonyl (C=O) groups excluding carboxylic acids is 3. The van der Waals surface area contributed by atoms with Crippen LogP contribution in [0.4, 0.5) is 5.69 Å². The van der Waals surface area contributed by atoms with Gasteiger partial charge in [-0.1, -0.05) is 24.4 Å². The zero-order chi connectivity index (χ0) is 16.6. The highest BCUT2D eigenvalue weighted by molar-refractivity contribution is 6.30. The van der Waals surface area contributed by atoms with Crippen molar-refractivity contribution in [2.75, 3.05) is 11.9 Å². The number of likely N-dealkylation sites (tertiary alicyclic amines) is 1. The number of benzene rings is 1. The molecule has 5 nitrogen and oxygen atoms in total. The van der Waals surface area contributed by atoms with Crippen LogP contribution in [0.3, 0.4) is 0 Å². The summed E-state index contributed by atoms with van der Waals surface area (Å²) in [6.07, 6.45) is 3.46. The minimum Gasteiger partial charge on any atom is -0.324 e. The first-order valence-electron chi connectivity index (χ1n) is 7.88. The third kappa shape index (κ3) is 3.11. The molecule has 0 aromatic heterocycles. The van der Waals surface area contributed by atoms with Crippen molar-refractivity contribution in [1.29, 1.82) is 0 Å². The van der Waals surface area contributed by atoms with Crippen molar-refractivity contribution >= 4 is 35.0 Å². The fourth-order valence-electron chi connectivity index (χ4n) is 3.49. The topological polar surface area (TPSA) is 66.5 Å². The van der Waals surface area contributed by atoms with Gasteiger partial charge >= 0.3 is 0 Å². The molecule has 2 atom stereocenters. The normalized spacial score (nSPS) is 23.8. The zero-order valence-corrected chi connectivity index (χ0v) is 13.7. The van der Waals surface area contributed by atoms with E-state index in [1.807, 2.05) is 6.92 Å². The Morgan fingerprint density at radius 3 is 2.39 bits per heavy atom. The molecule has 1 saturated heterocycles. The Morgan fingerprint density at radius 2 is 1.83 bits per heavy atom. The molecule has 1 aromatic rings. The molecular formula is C17H19ClN2O3. The summed E-state index contributed by atoms with van der Waals surface area (Å²) in [6.45, 7) is 1.62. The van der Waals surface area contributed by atoms with Crippen molar-refractivity contribution in [1.82, 2.24) is 4.90 Å². The van der Waals surface area contributed by atoms with E-state index >= 15 is 0 Å². The van der Waals surface area contributed by atoms with Gasteiger partial charge in [-0.25, -0.2) is 0 Å². The van der Waals surface area contributed by atoms with E-state index in [1.165, 1.54) is 0 Å². The minimum absolute atomic E-state index is 0.192. The molecule has 1 N–H and O–H groups in total. The van der Waals surface area contributed by atoms with Gasteiger partial charge in [-0.15, -0.1) is 0 Å². The van der Waals surface area contributed by atoms with Crippen LogP contribution in [0.1, 0.15) is 31.2 Å². The van der Waals surface area contributed by atoms with Crippen LogP contribution in [0.5, 0.6) is 0 Å². The van der Waals surface area contributed by atoms with Gasteiger partial charge < -0.3 is 5.32 Å². The summed E-state index contributed by atoms with van der Waals surface area (Å²) < 4.78 is 0. The van der Waals surface area contributed by atoms with Gasteiger partial charge in [0.1, 0.15) is 6.54 Å². The molecule has 1 aliphatic carbocycles. The number of nitrogens with zero attached hydrogens (tertiary/aromatic N) is 1. The molecule has 0 radical (unpaired) electrons. The fourth-order valence-corrected chi connectivity index (χ4v) is 3.71. The average Bonchev–Trinajstić information content (AvgIpc) is 2.76. The standard InChI is InChI=1S/C17H19ClN2O3/c1-10-8-11(18)6-7-14(10)19-15(21)9-20-16(22)12-4-2-3-5-13(12)17(20)23/h6-8,12-13H,2-5,9H2,1H3,(H,19,21)/t12-,13-/m0/s1. The molecule has 2 aliphatic rings. The molecule has 6 heteroatoms. The first-order chi connectivity index (χ1) is 11.0. The maximum atomic E-state index is 12.4. The maximum absolute atomic E-state index is 12.4. The Kier molecular flexibility index (Phi) is 4.39. The summed E-state index contributed by atoms with van der Waals surface area (Å²) in [5.41, 5.74) is 1.47. The lowest BCUT2D eigenvalue weighted by atomic mass is 9.81. The Bertz CT molecular complexity index is 650. The summed E-state index contributed by atoms with van der Waals surface area (Å²) in [4.78, 5) is 38.1. The second kappa shape index (κ2) is 6.32. The third-order valence-corrected chi connectivity index (χ3v) is 4.93. The quantitative estimate of drug-likeness (QED) is 0.864. The number of fused-ring (bicyclic) bond motifs is 1. The van der Waals surface area contributed by atoms with Crippen molar-refractivity contribution in [2.45, 2.75) is 32.6 Å². The molecule has 122 valence electrons. The van der Waals surface area contributed by atoms with E-state index < -0.39 is 0 Å². The van der Waals surface area contributed by atoms with E-state index in [1.54, 1.807) is 18.2 Å². The van der Waals surface area contributed by atoms with Crippen LogP contribution in [0, 0.1) is 18.8 Å². The molecule has 2 fully saturated rings. The van der Waals surface area contributed by atoms with Crippen molar-refractivity contribution < 1.29 is 14.4 Å². The summed E-state index contributed by atoms with van der Waals surface area (Å²) in [6, 6.07) is 5.14. The van der Waals surface area contributed by atoms with Crippen LogP contribution in [0.2, 0.25) is 5.02 Å². The number of carbonyl (C=O) groups is 3. The third-order valence-electron chi connectivity index (χ3n) is 4.70. The van der Waals surface area contributed by atoms with Crippen LogP contribution in [0.25, 0.3) is 0 Å². The van der Waals surface area contributed by atoms with Gasteiger partial charge in [0.25, 0.3) is 0 Å². The molecule has 0 spiro atoms. The van der Waals surface area contributed by atoms with Gasteiger partial charge in [-0.05, 0) is 43.5 Å². The molecule has 1 aromatic carbocycles. The molecule has 3 amide bonds. The zero-order valence-electron chi connectivity index (χ0n) is 13.0. The molecule has 23 heavy (non-hydrogen) atoms. The van der Waals surface area contributed by atoms with Crippen LogP contribution < -0.4 is 5.32 Å². The Hall–Kier alpha value is -1.88. The fraction of sp³-hybridized carbons (Fsp3) is 0.471. The second-order valence-electron chi connectivity index (χ2n) is 6.27. The lowest BCUT2D eigenvalue weighted by Gasteiger charge is -2.19. The van der Waals surface area contributed by atoms with Crippen molar-refractivity contribution in [3.63, 3.8) is 0 Å². The highest BCUT2D eigenvalue weighted by atomic mass is 35.5. The van der Waals surface area contributed by atoms with E-state index in [0.29, 0.717) is 10.7 Å². The first-order valence-corrected chi connectivity index (χ1v) is 8.26. The minimum atomic E-state index is -0.365. The van der Waals surface area contributed by atoms with E-state index in [4.69, 9.17) is 11.6 Å². The monoisotopic (exact) mass is 334 g/mol. The van der Waals surface area contributed by atoms with E-state index in [2.05, 4.69) is 5.32 Å². The predicted octanol–water partition coefficient (Wildman–Crippen LogP) is 2.76. The number of imide groups is 1. The van der Waals surface area contributed by atoms with E-state index in [9.17, 15) is 14.4 Å². The summed E-state index contributed by atoms with van der Waals surface area (Å²) in [5.74, 6) is -1.19. The lowest BCUT2D eigenvalue weighted by Crippen LogP contribution is -2.38. The molecule has 0 unspecified atom stereocenters. The van der Waals surface area contributed by atoms with Crippen LogP contribution in [-0.2, 0) is 14.4 Å². The smallest absolute Gasteiger partial charge is 0.244 e. The maximum Gasteiger partial charge on any atom is 0.244 e. The van der Waals surface area contributed by atoms with Gasteiger partial charge in [0.15, 0.2) is 0 Å². The SMILES string of the molecule is Cc1cc(Cl)ccc1NC(=O)CN1C(=O)[C@H]2CCCC[C@@H]2C1=O. The summed E-state index contributed by atoms with van der Waals surface area (Å²) in [5, 5.41) is 3.34. The van der Waals surface area contributed by atoms with Crippen LogP contribution >= 0.6 is 11.6 Å². The molecule has 1 saturated carbocycles. The number of rotatable bonds is 3. The Balaban J connectivity index is 1.68. The van der Waals surface area contributed by atoms with Crippen molar-refractivity contribution in [3.05, 3.63) is 28.8 Å². The molecular weight excluding hydrogens is 316 g/mol. The molecule has 1 aliphatic heterocycles. The van der Waals surface area contributed by atoms with Crippen molar-refractivity contribution in [2.24, 2.45) is 11.8 Å². The van der Waals surface area contributed by atoms with Gasteiger partial charge in [-0.3, -0.25) is 19.3 Å². The number of halogens is 1. The van der Waals surface area contributed by atoms with Crippen LogP contribution in [0.15, 0.2) is 18.2 Å². The van der Waals surface area contributed by atoms with E-state index in [0.717, 1.165) is 36.1 Å². The van der Waals surface area contributed by atoms with Gasteiger partial charge in [0, 0.05) is 10.7 Å². The lowest BCUT2D eigenvalue weighted by molar-refractivity contribution is -0.142. The predicted molar refractivity (Wildman–Crippen MR) is 87.0 cm³/mol. The van der Waals surface area contributed by atoms with Gasteiger partial charge in [0.05, 0.1) is 11.8 Å². The van der Waals surface area contributed by atoms with Crippen molar-refractivity contribution in [3.8, 4) is 0 Å². The Labute approximate surface area is 140 Å².